The van der Waals surface area contributed by atoms with E-state index < -0.39 is 0 Å². The largest absolute Gasteiger partial charge is 0.496 e. The normalized spacial score (nSPS) is 10.6. The quantitative estimate of drug-likeness (QED) is 0.473. The Labute approximate surface area is 169 Å². The van der Waals surface area contributed by atoms with E-state index in [9.17, 15) is 0 Å². The number of hydrogen-bond donors (Lipinski definition) is 1. The zero-order valence-corrected chi connectivity index (χ0v) is 17.6. The average molecular weight is 452 g/mol. The molecule has 2 aromatic carbocycles. The topological polar surface area (TPSA) is 56.3 Å². The maximum absolute atomic E-state index is 5.46. The third-order valence-electron chi connectivity index (χ3n) is 3.60. The molecule has 0 bridgehead atoms. The van der Waals surface area contributed by atoms with Crippen molar-refractivity contribution in [3.05, 3.63) is 58.1 Å². The van der Waals surface area contributed by atoms with Crippen LogP contribution in [0.2, 0.25) is 0 Å². The number of thioether (sulfide) groups is 1. The molecule has 1 aromatic heterocycles. The zero-order chi connectivity index (χ0) is 18.4. The van der Waals surface area contributed by atoms with Gasteiger partial charge in [-0.25, -0.2) is 0 Å². The van der Waals surface area contributed by atoms with Crippen molar-refractivity contribution in [3.63, 3.8) is 0 Å². The second-order valence-electron chi connectivity index (χ2n) is 5.30. The predicted octanol–water partition coefficient (Wildman–Crippen LogP) is 5.22. The van der Waals surface area contributed by atoms with Crippen LogP contribution < -0.4 is 14.8 Å². The van der Waals surface area contributed by atoms with Gasteiger partial charge in [0.2, 0.25) is 5.13 Å². The summed E-state index contributed by atoms with van der Waals surface area (Å²) in [4.78, 5) is 0. The fraction of sp³-hybridized carbons (Fsp3) is 0.222. The van der Waals surface area contributed by atoms with Crippen LogP contribution in [0.5, 0.6) is 11.5 Å². The van der Waals surface area contributed by atoms with E-state index in [0.717, 1.165) is 43.3 Å². The van der Waals surface area contributed by atoms with Crippen LogP contribution in [-0.2, 0) is 12.3 Å². The molecule has 0 radical (unpaired) electrons. The molecule has 136 valence electrons. The molecule has 0 saturated heterocycles. The van der Waals surface area contributed by atoms with E-state index in [1.807, 2.05) is 30.3 Å². The number of benzene rings is 2. The van der Waals surface area contributed by atoms with Gasteiger partial charge in [0.25, 0.3) is 0 Å². The summed E-state index contributed by atoms with van der Waals surface area (Å²) in [6.07, 6.45) is 0. The van der Waals surface area contributed by atoms with E-state index in [1.165, 1.54) is 5.56 Å². The van der Waals surface area contributed by atoms with Gasteiger partial charge in [0.1, 0.15) is 11.5 Å². The van der Waals surface area contributed by atoms with Gasteiger partial charge < -0.3 is 14.8 Å². The minimum atomic E-state index is 0.722. The molecule has 0 aliphatic heterocycles. The highest BCUT2D eigenvalue weighted by molar-refractivity contribution is 9.10. The molecule has 0 atom stereocenters. The SMILES string of the molecule is COc1cc(CSc2nnc(NCc3ccccc3)s2)c(OC)cc1Br. The number of hydrogen-bond acceptors (Lipinski definition) is 7. The van der Waals surface area contributed by atoms with Crippen LogP contribution in [-0.4, -0.2) is 24.4 Å². The van der Waals surface area contributed by atoms with Crippen molar-refractivity contribution in [1.82, 2.24) is 10.2 Å². The monoisotopic (exact) mass is 451 g/mol. The fourth-order valence-electron chi connectivity index (χ4n) is 2.29. The van der Waals surface area contributed by atoms with Crippen molar-refractivity contribution in [3.8, 4) is 11.5 Å². The molecular formula is C18H18BrN3O2S2. The third kappa shape index (κ3) is 4.90. The maximum Gasteiger partial charge on any atom is 0.206 e. The molecule has 3 rings (SSSR count). The lowest BCUT2D eigenvalue weighted by Crippen LogP contribution is -1.98. The Morgan fingerprint density at radius 1 is 1.08 bits per heavy atom. The molecule has 1 N–H and O–H groups in total. The highest BCUT2D eigenvalue weighted by atomic mass is 79.9. The van der Waals surface area contributed by atoms with Gasteiger partial charge in [-0.2, -0.15) is 0 Å². The zero-order valence-electron chi connectivity index (χ0n) is 14.4. The molecule has 0 aliphatic rings. The van der Waals surface area contributed by atoms with Gasteiger partial charge in [-0.3, -0.25) is 0 Å². The highest BCUT2D eigenvalue weighted by Gasteiger charge is 2.12. The van der Waals surface area contributed by atoms with Crippen LogP contribution in [0, 0.1) is 0 Å². The Bertz CT molecular complexity index is 859. The van der Waals surface area contributed by atoms with Gasteiger partial charge in [-0.1, -0.05) is 53.4 Å². The molecule has 8 heteroatoms. The summed E-state index contributed by atoms with van der Waals surface area (Å²) < 4.78 is 12.6. The van der Waals surface area contributed by atoms with Gasteiger partial charge >= 0.3 is 0 Å². The number of methoxy groups -OCH3 is 2. The molecule has 0 saturated carbocycles. The molecule has 0 aliphatic carbocycles. The second kappa shape index (κ2) is 9.25. The second-order valence-corrected chi connectivity index (χ2v) is 8.35. The first kappa shape index (κ1) is 19.0. The fourth-order valence-corrected chi connectivity index (χ4v) is 4.50. The summed E-state index contributed by atoms with van der Waals surface area (Å²) in [6.45, 7) is 0.734. The number of rotatable bonds is 8. The maximum atomic E-state index is 5.46. The van der Waals surface area contributed by atoms with Gasteiger partial charge in [0, 0.05) is 17.9 Å². The van der Waals surface area contributed by atoms with Crippen LogP contribution in [0.3, 0.4) is 0 Å². The summed E-state index contributed by atoms with van der Waals surface area (Å²) in [5.41, 5.74) is 2.26. The number of aromatic nitrogens is 2. The van der Waals surface area contributed by atoms with E-state index in [4.69, 9.17) is 9.47 Å². The lowest BCUT2D eigenvalue weighted by atomic mass is 10.2. The number of ether oxygens (including phenoxy) is 2. The van der Waals surface area contributed by atoms with Gasteiger partial charge in [-0.05, 0) is 33.6 Å². The molecule has 1 heterocycles. The Morgan fingerprint density at radius 3 is 2.58 bits per heavy atom. The molecule has 26 heavy (non-hydrogen) atoms. The van der Waals surface area contributed by atoms with Gasteiger partial charge in [0.15, 0.2) is 4.34 Å². The van der Waals surface area contributed by atoms with Crippen molar-refractivity contribution in [2.24, 2.45) is 0 Å². The van der Waals surface area contributed by atoms with Crippen molar-refractivity contribution in [2.45, 2.75) is 16.6 Å². The minimum absolute atomic E-state index is 0.722. The lowest BCUT2D eigenvalue weighted by molar-refractivity contribution is 0.398. The van der Waals surface area contributed by atoms with Gasteiger partial charge in [0.05, 0.1) is 18.7 Å². The van der Waals surface area contributed by atoms with Crippen LogP contribution in [0.1, 0.15) is 11.1 Å². The Balaban J connectivity index is 1.61. The first-order chi connectivity index (χ1) is 12.7. The van der Waals surface area contributed by atoms with E-state index in [-0.39, 0.29) is 0 Å². The molecule has 0 fully saturated rings. The van der Waals surface area contributed by atoms with Crippen LogP contribution in [0.15, 0.2) is 51.3 Å². The summed E-state index contributed by atoms with van der Waals surface area (Å²) in [5, 5.41) is 12.6. The van der Waals surface area contributed by atoms with E-state index in [0.29, 0.717) is 0 Å². The number of nitrogens with zero attached hydrogens (tertiary/aromatic N) is 2. The Morgan fingerprint density at radius 2 is 1.85 bits per heavy atom. The van der Waals surface area contributed by atoms with Crippen molar-refractivity contribution in [2.75, 3.05) is 19.5 Å². The molecule has 0 spiro atoms. The summed E-state index contributed by atoms with van der Waals surface area (Å²) in [6, 6.07) is 14.1. The minimum Gasteiger partial charge on any atom is -0.496 e. The first-order valence-electron chi connectivity index (χ1n) is 7.84. The van der Waals surface area contributed by atoms with Crippen molar-refractivity contribution >= 4 is 44.2 Å². The molecule has 0 unspecified atom stereocenters. The predicted molar refractivity (Wildman–Crippen MR) is 110 cm³/mol. The van der Waals surface area contributed by atoms with Crippen LogP contribution in [0.25, 0.3) is 0 Å². The molecular weight excluding hydrogens is 434 g/mol. The van der Waals surface area contributed by atoms with Crippen LogP contribution in [0.4, 0.5) is 5.13 Å². The third-order valence-corrected chi connectivity index (χ3v) is 6.28. The number of anilines is 1. The molecule has 0 amide bonds. The first-order valence-corrected chi connectivity index (χ1v) is 10.4. The van der Waals surface area contributed by atoms with Crippen molar-refractivity contribution in [1.29, 1.82) is 0 Å². The Kier molecular flexibility index (Phi) is 6.76. The van der Waals surface area contributed by atoms with E-state index in [2.05, 4.69) is 43.6 Å². The highest BCUT2D eigenvalue weighted by Crippen LogP contribution is 2.37. The summed E-state index contributed by atoms with van der Waals surface area (Å²) in [7, 11) is 3.32. The Hall–Kier alpha value is -1.77. The van der Waals surface area contributed by atoms with Crippen molar-refractivity contribution < 1.29 is 9.47 Å². The number of nitrogens with one attached hydrogen (secondary N) is 1. The average Bonchev–Trinajstić information content (AvgIpc) is 3.13. The molecule has 5 nitrogen and oxygen atoms in total. The summed E-state index contributed by atoms with van der Waals surface area (Å²) in [5.74, 6) is 2.32. The molecule has 3 aromatic rings. The van der Waals surface area contributed by atoms with E-state index >= 15 is 0 Å². The standard InChI is InChI=1S/C18H18BrN3O2S2/c1-23-15-9-14(19)16(24-2)8-13(15)11-25-18-22-21-17(26-18)20-10-12-6-4-3-5-7-12/h3-9H,10-11H2,1-2H3,(H,20,21). The summed E-state index contributed by atoms with van der Waals surface area (Å²) >= 11 is 6.65. The smallest absolute Gasteiger partial charge is 0.206 e. The van der Waals surface area contributed by atoms with Gasteiger partial charge in [-0.15, -0.1) is 10.2 Å². The van der Waals surface area contributed by atoms with Crippen LogP contribution >= 0.6 is 39.0 Å². The number of halogens is 1. The lowest BCUT2D eigenvalue weighted by Gasteiger charge is -2.11. The van der Waals surface area contributed by atoms with E-state index in [1.54, 1.807) is 37.3 Å².